The molecule has 1 atom stereocenters. The topological polar surface area (TPSA) is 83.4 Å². The molecule has 0 aromatic carbocycles. The fourth-order valence-electron chi connectivity index (χ4n) is 2.72. The first-order valence-corrected chi connectivity index (χ1v) is 9.05. The molecule has 6 nitrogen and oxygen atoms in total. The summed E-state index contributed by atoms with van der Waals surface area (Å²) in [5.74, 6) is -0.536. The lowest BCUT2D eigenvalue weighted by molar-refractivity contribution is -0.141. The van der Waals surface area contributed by atoms with Crippen molar-refractivity contribution in [2.75, 3.05) is 13.1 Å². The molecule has 2 aromatic heterocycles. The summed E-state index contributed by atoms with van der Waals surface area (Å²) in [5, 5.41) is 10.5. The lowest BCUT2D eigenvalue weighted by atomic mass is 10.1. The van der Waals surface area contributed by atoms with Gasteiger partial charge in [-0.3, -0.25) is 19.6 Å². The fraction of sp³-hybridized carbons (Fsp3) is 0.400. The van der Waals surface area contributed by atoms with E-state index in [2.05, 4.69) is 9.97 Å². The van der Waals surface area contributed by atoms with Crippen LogP contribution in [0.15, 0.2) is 36.8 Å². The lowest BCUT2D eigenvalue weighted by Crippen LogP contribution is -2.36. The number of hydrogen-bond donors (Lipinski definition) is 1. The van der Waals surface area contributed by atoms with Crippen molar-refractivity contribution < 1.29 is 27.9 Å². The molecule has 0 radical (unpaired) electrons. The number of amides is 1. The molecule has 0 bridgehead atoms. The zero-order valence-electron chi connectivity index (χ0n) is 16.1. The third-order valence-electron chi connectivity index (χ3n) is 4.26. The fourth-order valence-corrected chi connectivity index (χ4v) is 2.72. The highest BCUT2D eigenvalue weighted by Gasteiger charge is 2.32. The number of carbonyl (C=O) groups excluding carboxylic acids is 2. The summed E-state index contributed by atoms with van der Waals surface area (Å²) in [6.07, 6.45) is -1.25. The predicted molar refractivity (Wildman–Crippen MR) is 99.0 cm³/mol. The number of hydrogen-bond acceptors (Lipinski definition) is 5. The molecule has 0 fully saturated rings. The molecule has 0 spiro atoms. The van der Waals surface area contributed by atoms with E-state index >= 15 is 0 Å². The SMILES string of the molecule is CCCN(CC(O)c1cncc(C(C)=O)c1)C(=O)Cc1ccc(C(F)(F)F)nc1. The number of aliphatic hydroxyl groups excluding tert-OH is 1. The third kappa shape index (κ3) is 6.35. The zero-order valence-corrected chi connectivity index (χ0v) is 16.1. The molecular formula is C20H22F3N3O3. The molecule has 9 heteroatoms. The molecule has 29 heavy (non-hydrogen) atoms. The maximum absolute atomic E-state index is 12.6. The summed E-state index contributed by atoms with van der Waals surface area (Å²) in [5.41, 5.74) is 0.0831. The number of aromatic nitrogens is 2. The van der Waals surface area contributed by atoms with Crippen LogP contribution in [0.2, 0.25) is 0 Å². The van der Waals surface area contributed by atoms with Crippen LogP contribution in [0, 0.1) is 0 Å². The molecule has 2 heterocycles. The maximum Gasteiger partial charge on any atom is 0.433 e. The van der Waals surface area contributed by atoms with Gasteiger partial charge in [-0.25, -0.2) is 0 Å². The Morgan fingerprint density at radius 1 is 1.21 bits per heavy atom. The number of aliphatic hydroxyl groups is 1. The number of ketones is 1. The van der Waals surface area contributed by atoms with Gasteiger partial charge in [-0.15, -0.1) is 0 Å². The van der Waals surface area contributed by atoms with Crippen molar-refractivity contribution in [1.82, 2.24) is 14.9 Å². The standard InChI is InChI=1S/C20H22F3N3O3/c1-3-6-26(12-17(28)16-8-15(13(2)27)10-24-11-16)19(29)7-14-4-5-18(25-9-14)20(21,22)23/h4-5,8-11,17,28H,3,6-7,12H2,1-2H3. The van der Waals surface area contributed by atoms with E-state index in [0.717, 1.165) is 12.3 Å². The molecule has 2 rings (SSSR count). The highest BCUT2D eigenvalue weighted by atomic mass is 19.4. The van der Waals surface area contributed by atoms with E-state index in [1.165, 1.54) is 36.4 Å². The van der Waals surface area contributed by atoms with Crippen LogP contribution in [0.4, 0.5) is 13.2 Å². The second-order valence-corrected chi connectivity index (χ2v) is 6.64. The zero-order chi connectivity index (χ0) is 21.6. The monoisotopic (exact) mass is 409 g/mol. The Labute approximate surface area is 166 Å². The molecule has 1 unspecified atom stereocenters. The van der Waals surface area contributed by atoms with Crippen LogP contribution in [0.5, 0.6) is 0 Å². The Balaban J connectivity index is 2.09. The van der Waals surface area contributed by atoms with Crippen molar-refractivity contribution >= 4 is 11.7 Å². The molecule has 1 N–H and O–H groups in total. The number of halogens is 3. The van der Waals surface area contributed by atoms with Crippen molar-refractivity contribution in [2.45, 2.75) is 39.0 Å². The van der Waals surface area contributed by atoms with E-state index in [-0.39, 0.29) is 24.7 Å². The van der Waals surface area contributed by atoms with Gasteiger partial charge in [0.05, 0.1) is 19.1 Å². The smallest absolute Gasteiger partial charge is 0.386 e. The number of carbonyl (C=O) groups is 2. The minimum Gasteiger partial charge on any atom is -0.386 e. The average Bonchev–Trinajstić information content (AvgIpc) is 2.67. The Morgan fingerprint density at radius 3 is 2.48 bits per heavy atom. The van der Waals surface area contributed by atoms with E-state index < -0.39 is 18.0 Å². The summed E-state index contributed by atoms with van der Waals surface area (Å²) < 4.78 is 37.8. The molecular weight excluding hydrogens is 387 g/mol. The van der Waals surface area contributed by atoms with Crippen LogP contribution in [-0.2, 0) is 17.4 Å². The summed E-state index contributed by atoms with van der Waals surface area (Å²) in [4.78, 5) is 32.8. The van der Waals surface area contributed by atoms with Crippen molar-refractivity contribution in [3.05, 3.63) is 59.2 Å². The number of pyridine rings is 2. The highest BCUT2D eigenvalue weighted by Crippen LogP contribution is 2.27. The average molecular weight is 409 g/mol. The summed E-state index contributed by atoms with van der Waals surface area (Å²) in [6.45, 7) is 3.59. The van der Waals surface area contributed by atoms with E-state index in [1.54, 1.807) is 0 Å². The highest BCUT2D eigenvalue weighted by molar-refractivity contribution is 5.93. The van der Waals surface area contributed by atoms with Crippen molar-refractivity contribution in [3.8, 4) is 0 Å². The largest absolute Gasteiger partial charge is 0.433 e. The summed E-state index contributed by atoms with van der Waals surface area (Å²) in [6, 6.07) is 3.57. The van der Waals surface area contributed by atoms with Crippen LogP contribution in [0.25, 0.3) is 0 Å². The Bertz CT molecular complexity index is 854. The maximum atomic E-state index is 12.6. The normalized spacial score (nSPS) is 12.5. The van der Waals surface area contributed by atoms with E-state index in [0.29, 0.717) is 29.7 Å². The van der Waals surface area contributed by atoms with Gasteiger partial charge in [0.2, 0.25) is 5.91 Å². The van der Waals surface area contributed by atoms with E-state index in [1.807, 2.05) is 6.92 Å². The van der Waals surface area contributed by atoms with Crippen LogP contribution in [0.1, 0.15) is 53.6 Å². The van der Waals surface area contributed by atoms with Crippen molar-refractivity contribution in [3.63, 3.8) is 0 Å². The van der Waals surface area contributed by atoms with E-state index in [4.69, 9.17) is 0 Å². The number of Topliss-reactive ketones (excluding diaryl/α,β-unsaturated/α-hetero) is 1. The minimum atomic E-state index is -4.54. The first-order chi connectivity index (χ1) is 13.6. The number of nitrogens with zero attached hydrogens (tertiary/aromatic N) is 3. The lowest BCUT2D eigenvalue weighted by Gasteiger charge is -2.25. The van der Waals surface area contributed by atoms with Gasteiger partial charge in [0, 0.05) is 36.3 Å². The van der Waals surface area contributed by atoms with Gasteiger partial charge in [0.25, 0.3) is 0 Å². The molecule has 0 saturated heterocycles. The molecule has 0 aliphatic rings. The molecule has 0 aliphatic carbocycles. The molecule has 0 aliphatic heterocycles. The second kappa shape index (κ2) is 9.60. The van der Waals surface area contributed by atoms with Gasteiger partial charge in [-0.05, 0) is 31.0 Å². The van der Waals surface area contributed by atoms with Crippen LogP contribution < -0.4 is 0 Å². The van der Waals surface area contributed by atoms with Gasteiger partial charge in [0.1, 0.15) is 5.69 Å². The first kappa shape index (κ1) is 22.5. The second-order valence-electron chi connectivity index (χ2n) is 6.64. The van der Waals surface area contributed by atoms with Crippen LogP contribution >= 0.6 is 0 Å². The number of alkyl halides is 3. The van der Waals surface area contributed by atoms with Gasteiger partial charge in [-0.2, -0.15) is 13.2 Å². The minimum absolute atomic E-state index is 0.0240. The summed E-state index contributed by atoms with van der Waals surface area (Å²) in [7, 11) is 0. The van der Waals surface area contributed by atoms with E-state index in [9.17, 15) is 27.9 Å². The molecule has 156 valence electrons. The van der Waals surface area contributed by atoms with Crippen LogP contribution in [0.3, 0.4) is 0 Å². The van der Waals surface area contributed by atoms with Gasteiger partial charge in [0.15, 0.2) is 5.78 Å². The summed E-state index contributed by atoms with van der Waals surface area (Å²) >= 11 is 0. The van der Waals surface area contributed by atoms with Gasteiger partial charge >= 0.3 is 6.18 Å². The van der Waals surface area contributed by atoms with Gasteiger partial charge < -0.3 is 10.0 Å². The molecule has 0 saturated carbocycles. The quantitative estimate of drug-likeness (QED) is 0.677. The first-order valence-electron chi connectivity index (χ1n) is 9.05. The van der Waals surface area contributed by atoms with Crippen molar-refractivity contribution in [1.29, 1.82) is 0 Å². The van der Waals surface area contributed by atoms with Gasteiger partial charge in [-0.1, -0.05) is 13.0 Å². The number of rotatable bonds is 8. The van der Waals surface area contributed by atoms with Crippen LogP contribution in [-0.4, -0.2) is 44.8 Å². The Kier molecular flexibility index (Phi) is 7.44. The Morgan fingerprint density at radius 2 is 1.93 bits per heavy atom. The predicted octanol–water partition coefficient (Wildman–Crippen LogP) is 3.21. The van der Waals surface area contributed by atoms with Crippen molar-refractivity contribution in [2.24, 2.45) is 0 Å². The Hall–Kier alpha value is -2.81. The third-order valence-corrected chi connectivity index (χ3v) is 4.26. The molecule has 1 amide bonds. The molecule has 2 aromatic rings.